The smallest absolute Gasteiger partial charge is 0.251 e. The number of hydrogen-bond acceptors (Lipinski definition) is 4. The summed E-state index contributed by atoms with van der Waals surface area (Å²) in [4.78, 5) is 16.2. The van der Waals surface area contributed by atoms with E-state index >= 15 is 0 Å². The third kappa shape index (κ3) is 6.18. The zero-order chi connectivity index (χ0) is 19.6. The van der Waals surface area contributed by atoms with Gasteiger partial charge in [-0.15, -0.1) is 0 Å². The van der Waals surface area contributed by atoms with Crippen LogP contribution in [-0.2, 0) is 0 Å². The fourth-order valence-electron chi connectivity index (χ4n) is 2.29. The molecule has 2 aromatic rings. The van der Waals surface area contributed by atoms with Gasteiger partial charge in [-0.3, -0.25) is 9.79 Å². The van der Waals surface area contributed by atoms with Crippen LogP contribution in [0.3, 0.4) is 0 Å². The summed E-state index contributed by atoms with van der Waals surface area (Å²) in [5, 5.41) is 9.17. The largest absolute Gasteiger partial charge is 0.493 e. The highest BCUT2D eigenvalue weighted by Gasteiger charge is 2.07. The minimum absolute atomic E-state index is 0.118. The van der Waals surface area contributed by atoms with Crippen LogP contribution < -0.4 is 25.4 Å². The molecule has 7 nitrogen and oxygen atoms in total. The third-order valence-corrected chi connectivity index (χ3v) is 4.21. The zero-order valence-corrected chi connectivity index (χ0v) is 17.1. The van der Waals surface area contributed by atoms with Crippen LogP contribution in [0.15, 0.2) is 51.9 Å². The van der Waals surface area contributed by atoms with Gasteiger partial charge in [0.05, 0.1) is 14.2 Å². The molecule has 144 valence electrons. The van der Waals surface area contributed by atoms with Gasteiger partial charge in [0.1, 0.15) is 0 Å². The molecule has 3 N–H and O–H groups in total. The minimum Gasteiger partial charge on any atom is -0.493 e. The normalized spacial score (nSPS) is 10.9. The Morgan fingerprint density at radius 1 is 1.00 bits per heavy atom. The fraction of sp³-hybridized carbons (Fsp3) is 0.263. The molecule has 2 aromatic carbocycles. The van der Waals surface area contributed by atoms with Crippen LogP contribution in [0.1, 0.15) is 10.4 Å². The topological polar surface area (TPSA) is 84.0 Å². The summed E-state index contributed by atoms with van der Waals surface area (Å²) in [6.45, 7) is 0.983. The van der Waals surface area contributed by atoms with Crippen LogP contribution in [-0.4, -0.2) is 46.2 Å². The molecule has 0 atom stereocenters. The van der Waals surface area contributed by atoms with Crippen molar-refractivity contribution in [2.45, 2.75) is 0 Å². The molecule has 0 saturated heterocycles. The molecule has 27 heavy (non-hydrogen) atoms. The number of carbonyl (C=O) groups excluding carboxylic acids is 1. The Kier molecular flexibility index (Phi) is 7.94. The second-order valence-corrected chi connectivity index (χ2v) is 6.37. The van der Waals surface area contributed by atoms with Crippen LogP contribution in [0.2, 0.25) is 0 Å². The van der Waals surface area contributed by atoms with Gasteiger partial charge >= 0.3 is 0 Å². The number of benzene rings is 2. The van der Waals surface area contributed by atoms with E-state index in [1.807, 2.05) is 30.3 Å². The van der Waals surface area contributed by atoms with E-state index in [0.717, 1.165) is 10.2 Å². The average Bonchev–Trinajstić information content (AvgIpc) is 2.70. The molecule has 0 aromatic heterocycles. The molecule has 0 radical (unpaired) electrons. The van der Waals surface area contributed by atoms with Crippen LogP contribution in [0.25, 0.3) is 0 Å². The summed E-state index contributed by atoms with van der Waals surface area (Å²) < 4.78 is 11.5. The Morgan fingerprint density at radius 3 is 2.30 bits per heavy atom. The number of amides is 1. The molecule has 0 bridgehead atoms. The van der Waals surface area contributed by atoms with E-state index in [4.69, 9.17) is 9.47 Å². The lowest BCUT2D eigenvalue weighted by Gasteiger charge is -2.14. The predicted octanol–water partition coefficient (Wildman–Crippen LogP) is 2.88. The van der Waals surface area contributed by atoms with E-state index in [1.165, 1.54) is 0 Å². The van der Waals surface area contributed by atoms with E-state index in [1.54, 1.807) is 33.4 Å². The lowest BCUT2D eigenvalue weighted by Crippen LogP contribution is -2.37. The summed E-state index contributed by atoms with van der Waals surface area (Å²) in [6, 6.07) is 12.7. The Hall–Kier alpha value is -2.74. The Balaban J connectivity index is 1.82. The van der Waals surface area contributed by atoms with Crippen LogP contribution in [0.4, 0.5) is 5.69 Å². The summed E-state index contributed by atoms with van der Waals surface area (Å²) in [6.07, 6.45) is 0. The van der Waals surface area contributed by atoms with Crippen molar-refractivity contribution >= 4 is 33.5 Å². The zero-order valence-electron chi connectivity index (χ0n) is 15.5. The number of nitrogens with zero attached hydrogens (tertiary/aromatic N) is 1. The van der Waals surface area contributed by atoms with Gasteiger partial charge < -0.3 is 25.4 Å². The molecular weight excluding hydrogens is 412 g/mol. The second kappa shape index (κ2) is 10.4. The first kappa shape index (κ1) is 20.6. The van der Waals surface area contributed by atoms with Crippen LogP contribution in [0, 0.1) is 0 Å². The number of nitrogens with one attached hydrogen (secondary N) is 3. The van der Waals surface area contributed by atoms with Gasteiger partial charge in [0, 0.05) is 41.9 Å². The Labute approximate surface area is 167 Å². The standard InChI is InChI=1S/C19H23BrN4O3/c1-21-19(24-15-8-9-16(26-2)17(12-15)27-3)23-11-10-22-18(25)13-4-6-14(20)7-5-13/h4-9,12H,10-11H2,1-3H3,(H,22,25)(H2,21,23,24). The van der Waals surface area contributed by atoms with Crippen LogP contribution >= 0.6 is 15.9 Å². The number of anilines is 1. The second-order valence-electron chi connectivity index (χ2n) is 5.46. The average molecular weight is 435 g/mol. The maximum atomic E-state index is 12.1. The molecule has 1 amide bonds. The maximum absolute atomic E-state index is 12.1. The van der Waals surface area contributed by atoms with Gasteiger partial charge in [0.15, 0.2) is 17.5 Å². The number of methoxy groups -OCH3 is 2. The van der Waals surface area contributed by atoms with E-state index < -0.39 is 0 Å². The van der Waals surface area contributed by atoms with E-state index in [9.17, 15) is 4.79 Å². The van der Waals surface area contributed by atoms with Crippen molar-refractivity contribution in [2.75, 3.05) is 39.7 Å². The van der Waals surface area contributed by atoms with Gasteiger partial charge in [0.25, 0.3) is 5.91 Å². The minimum atomic E-state index is -0.118. The molecule has 0 fully saturated rings. The van der Waals surface area contributed by atoms with Gasteiger partial charge in [-0.25, -0.2) is 0 Å². The van der Waals surface area contributed by atoms with E-state index in [0.29, 0.717) is 36.1 Å². The number of rotatable bonds is 7. The molecular formula is C19H23BrN4O3. The van der Waals surface area contributed by atoms with Gasteiger partial charge in [-0.05, 0) is 36.4 Å². The van der Waals surface area contributed by atoms with Crippen molar-refractivity contribution in [2.24, 2.45) is 4.99 Å². The summed E-state index contributed by atoms with van der Waals surface area (Å²) >= 11 is 3.35. The molecule has 8 heteroatoms. The summed E-state index contributed by atoms with van der Waals surface area (Å²) in [5.74, 6) is 1.74. The number of ether oxygens (including phenoxy) is 2. The lowest BCUT2D eigenvalue weighted by atomic mass is 10.2. The lowest BCUT2D eigenvalue weighted by molar-refractivity contribution is 0.0954. The Bertz CT molecular complexity index is 794. The van der Waals surface area contributed by atoms with Gasteiger partial charge in [-0.1, -0.05) is 15.9 Å². The predicted molar refractivity (Wildman–Crippen MR) is 111 cm³/mol. The molecule has 2 rings (SSSR count). The molecule has 0 aliphatic heterocycles. The molecule has 0 spiro atoms. The third-order valence-electron chi connectivity index (χ3n) is 3.68. The highest BCUT2D eigenvalue weighted by molar-refractivity contribution is 9.10. The molecule has 0 aliphatic carbocycles. The first-order valence-corrected chi connectivity index (χ1v) is 9.10. The van der Waals surface area contributed by atoms with Crippen molar-refractivity contribution in [1.29, 1.82) is 0 Å². The van der Waals surface area contributed by atoms with Crippen molar-refractivity contribution in [3.63, 3.8) is 0 Å². The molecule has 0 heterocycles. The monoisotopic (exact) mass is 434 g/mol. The van der Waals surface area contributed by atoms with Crippen molar-refractivity contribution < 1.29 is 14.3 Å². The SMILES string of the molecule is CN=C(NCCNC(=O)c1ccc(Br)cc1)Nc1ccc(OC)c(OC)c1. The number of hydrogen-bond donors (Lipinski definition) is 3. The van der Waals surface area contributed by atoms with Crippen molar-refractivity contribution in [3.05, 3.63) is 52.5 Å². The van der Waals surface area contributed by atoms with E-state index in [2.05, 4.69) is 36.9 Å². The molecule has 0 saturated carbocycles. The van der Waals surface area contributed by atoms with Gasteiger partial charge in [0.2, 0.25) is 0 Å². The quantitative estimate of drug-likeness (QED) is 0.354. The molecule has 0 unspecified atom stereocenters. The fourth-order valence-corrected chi connectivity index (χ4v) is 2.55. The molecule has 0 aliphatic rings. The van der Waals surface area contributed by atoms with Crippen LogP contribution in [0.5, 0.6) is 11.5 Å². The highest BCUT2D eigenvalue weighted by atomic mass is 79.9. The Morgan fingerprint density at radius 2 is 1.67 bits per heavy atom. The van der Waals surface area contributed by atoms with E-state index in [-0.39, 0.29) is 5.91 Å². The maximum Gasteiger partial charge on any atom is 0.251 e. The van der Waals surface area contributed by atoms with Crippen molar-refractivity contribution in [1.82, 2.24) is 10.6 Å². The first-order valence-electron chi connectivity index (χ1n) is 8.31. The highest BCUT2D eigenvalue weighted by Crippen LogP contribution is 2.29. The first-order chi connectivity index (χ1) is 13.1. The number of carbonyl (C=O) groups is 1. The number of aliphatic imine (C=N–C) groups is 1. The summed E-state index contributed by atoms with van der Waals surface area (Å²) in [7, 11) is 4.85. The summed E-state index contributed by atoms with van der Waals surface area (Å²) in [5.41, 5.74) is 1.42. The number of halogens is 1. The van der Waals surface area contributed by atoms with Crippen molar-refractivity contribution in [3.8, 4) is 11.5 Å². The number of guanidine groups is 1. The van der Waals surface area contributed by atoms with Gasteiger partial charge in [-0.2, -0.15) is 0 Å².